The molecule has 2 saturated heterocycles. The van der Waals surface area contributed by atoms with Crippen molar-refractivity contribution in [2.75, 3.05) is 65.7 Å². The molecule has 4 bridgehead atoms. The Kier molecular flexibility index (Phi) is 8.58. The van der Waals surface area contributed by atoms with Gasteiger partial charge in [0.25, 0.3) is 0 Å². The molecule has 12 heteroatoms. The molecule has 4 unspecified atom stereocenters. The summed E-state index contributed by atoms with van der Waals surface area (Å²) >= 11 is 0. The van der Waals surface area contributed by atoms with E-state index in [0.29, 0.717) is 51.0 Å². The number of likely N-dealkylation sites (tertiary alicyclic amines) is 2. The van der Waals surface area contributed by atoms with E-state index in [2.05, 4.69) is 32.6 Å². The molecule has 2 spiro atoms. The minimum atomic E-state index is -0.870. The average molecular weight is 799 g/mol. The van der Waals surface area contributed by atoms with Crippen molar-refractivity contribution in [3.05, 3.63) is 46.5 Å². The summed E-state index contributed by atoms with van der Waals surface area (Å²) in [5.74, 6) is 3.10. The van der Waals surface area contributed by atoms with Crippen LogP contribution in [0.25, 0.3) is 0 Å². The third-order valence-corrected chi connectivity index (χ3v) is 17.2. The fourth-order valence-corrected chi connectivity index (χ4v) is 14.3. The van der Waals surface area contributed by atoms with Gasteiger partial charge in [0, 0.05) is 61.5 Å². The molecule has 6 aliphatic carbocycles. The van der Waals surface area contributed by atoms with Gasteiger partial charge in [0.15, 0.2) is 23.0 Å². The highest BCUT2D eigenvalue weighted by Gasteiger charge is 2.74. The molecule has 314 valence electrons. The number of benzene rings is 2. The average Bonchev–Trinajstić information content (AvgIpc) is 4.14. The molecule has 0 radical (unpaired) electrons. The number of hydrogen-bond donors (Lipinski definition) is 6. The maximum Gasteiger partial charge on any atom is 0.165 e. The molecular weight excluding hydrogens is 737 g/mol. The molecule has 4 heterocycles. The Morgan fingerprint density at radius 1 is 0.603 bits per heavy atom. The van der Waals surface area contributed by atoms with Gasteiger partial charge in [-0.05, 0) is 125 Å². The maximum atomic E-state index is 12.7. The van der Waals surface area contributed by atoms with Crippen molar-refractivity contribution in [3.8, 4) is 23.0 Å². The summed E-state index contributed by atoms with van der Waals surface area (Å²) in [7, 11) is 0. The van der Waals surface area contributed by atoms with E-state index >= 15 is 0 Å². The molecule has 0 amide bonds. The fraction of sp³-hybridized carbons (Fsp3) is 0.739. The zero-order valence-electron chi connectivity index (χ0n) is 33.8. The van der Waals surface area contributed by atoms with Crippen molar-refractivity contribution in [3.63, 3.8) is 0 Å². The van der Waals surface area contributed by atoms with Crippen LogP contribution in [-0.2, 0) is 33.1 Å². The van der Waals surface area contributed by atoms with Gasteiger partial charge >= 0.3 is 0 Å². The zero-order chi connectivity index (χ0) is 39.0. The molecular formula is C46H62N4O8. The molecule has 10 atom stereocenters. The van der Waals surface area contributed by atoms with E-state index < -0.39 is 22.0 Å². The lowest BCUT2D eigenvalue weighted by molar-refractivity contribution is -0.192. The Morgan fingerprint density at radius 3 is 1.48 bits per heavy atom. The molecule has 10 aliphatic rings. The number of nitrogens with zero attached hydrogens (tertiary/aromatic N) is 2. The lowest BCUT2D eigenvalue weighted by atomic mass is 9.48. The first-order valence-corrected chi connectivity index (χ1v) is 22.8. The van der Waals surface area contributed by atoms with Gasteiger partial charge in [0.1, 0.15) is 12.2 Å². The number of aliphatic hydroxyl groups is 2. The second-order valence-corrected chi connectivity index (χ2v) is 20.0. The number of aromatic hydroxyl groups is 2. The summed E-state index contributed by atoms with van der Waals surface area (Å²) in [5.41, 5.74) is 1.84. The van der Waals surface area contributed by atoms with Crippen molar-refractivity contribution in [2.45, 2.75) is 135 Å². The van der Waals surface area contributed by atoms with Crippen LogP contribution < -0.4 is 20.1 Å². The van der Waals surface area contributed by atoms with Crippen LogP contribution in [0.1, 0.15) is 86.5 Å². The first-order valence-electron chi connectivity index (χ1n) is 22.8. The predicted octanol–water partition coefficient (Wildman–Crippen LogP) is 2.88. The van der Waals surface area contributed by atoms with Crippen LogP contribution in [0.2, 0.25) is 0 Å². The first kappa shape index (κ1) is 37.1. The third-order valence-electron chi connectivity index (χ3n) is 17.2. The minimum Gasteiger partial charge on any atom is -0.504 e. The topological polar surface area (TPSA) is 148 Å². The van der Waals surface area contributed by atoms with Crippen LogP contribution in [-0.4, -0.2) is 143 Å². The second kappa shape index (κ2) is 13.4. The van der Waals surface area contributed by atoms with Gasteiger partial charge in [-0.1, -0.05) is 12.1 Å². The van der Waals surface area contributed by atoms with Gasteiger partial charge in [-0.15, -0.1) is 0 Å². The SMILES string of the molecule is Oc1ccc2c3c1O[C@H]1[C@H](NCCOCCOCCN[C@H]4CC[C@]5(O)C6Cc7ccc(O)c8c7C5(CCN6CC5CC5)[C@@H]4O8)CC[C@@]4(O)C(C2)N(CC2CC2)CCC314. The van der Waals surface area contributed by atoms with Crippen LogP contribution in [0.3, 0.4) is 0 Å². The lowest BCUT2D eigenvalue weighted by Gasteiger charge is -2.64. The van der Waals surface area contributed by atoms with Crippen LogP contribution in [0, 0.1) is 11.8 Å². The van der Waals surface area contributed by atoms with E-state index in [-0.39, 0.29) is 47.9 Å². The van der Waals surface area contributed by atoms with Crippen molar-refractivity contribution in [1.82, 2.24) is 20.4 Å². The van der Waals surface area contributed by atoms with Gasteiger partial charge in [-0.3, -0.25) is 9.80 Å². The number of phenolic OH excluding ortho intramolecular Hbond substituents is 2. The molecule has 4 saturated carbocycles. The van der Waals surface area contributed by atoms with Gasteiger partial charge < -0.3 is 50.0 Å². The summed E-state index contributed by atoms with van der Waals surface area (Å²) in [4.78, 5) is 5.16. The predicted molar refractivity (Wildman–Crippen MR) is 215 cm³/mol. The molecule has 0 aromatic heterocycles. The molecule has 2 aromatic rings. The fourth-order valence-electron chi connectivity index (χ4n) is 14.3. The largest absolute Gasteiger partial charge is 0.504 e. The van der Waals surface area contributed by atoms with Crippen molar-refractivity contribution >= 4 is 0 Å². The second-order valence-electron chi connectivity index (χ2n) is 20.0. The minimum absolute atomic E-state index is 0.0527. The number of piperidine rings is 2. The van der Waals surface area contributed by atoms with Crippen molar-refractivity contribution in [2.24, 2.45) is 11.8 Å². The summed E-state index contributed by atoms with van der Waals surface area (Å²) < 4.78 is 25.5. The molecule has 6 N–H and O–H groups in total. The third kappa shape index (κ3) is 5.15. The van der Waals surface area contributed by atoms with Crippen LogP contribution in [0.15, 0.2) is 24.3 Å². The Bertz CT molecular complexity index is 1820. The highest BCUT2D eigenvalue weighted by Crippen LogP contribution is 2.67. The van der Waals surface area contributed by atoms with E-state index in [1.54, 1.807) is 12.1 Å². The molecule has 4 aliphatic heterocycles. The maximum absolute atomic E-state index is 12.7. The summed E-state index contributed by atoms with van der Waals surface area (Å²) in [6, 6.07) is 7.98. The quantitative estimate of drug-likeness (QED) is 0.147. The first-order chi connectivity index (χ1) is 28.2. The Morgan fingerprint density at radius 2 is 1.05 bits per heavy atom. The van der Waals surface area contributed by atoms with Crippen molar-refractivity contribution < 1.29 is 39.4 Å². The molecule has 12 nitrogen and oxygen atoms in total. The number of rotatable bonds is 15. The molecule has 12 rings (SSSR count). The van der Waals surface area contributed by atoms with E-state index in [4.69, 9.17) is 18.9 Å². The van der Waals surface area contributed by atoms with Gasteiger partial charge in [-0.2, -0.15) is 0 Å². The summed E-state index contributed by atoms with van der Waals surface area (Å²) in [6.07, 6.45) is 11.1. The summed E-state index contributed by atoms with van der Waals surface area (Å²) in [6.45, 7) is 7.51. The Hall–Kier alpha value is -2.68. The van der Waals surface area contributed by atoms with E-state index in [0.717, 1.165) is 101 Å². The number of phenols is 2. The van der Waals surface area contributed by atoms with Gasteiger partial charge in [-0.25, -0.2) is 0 Å². The Balaban J connectivity index is 0.628. The monoisotopic (exact) mass is 798 g/mol. The van der Waals surface area contributed by atoms with Crippen LogP contribution in [0.5, 0.6) is 23.0 Å². The number of hydrogen-bond acceptors (Lipinski definition) is 12. The smallest absolute Gasteiger partial charge is 0.165 e. The molecule has 6 fully saturated rings. The van der Waals surface area contributed by atoms with E-state index in [1.165, 1.54) is 36.8 Å². The standard InChI is InChI=1S/C46H62N4O8/c51-33-7-5-29-23-35-45(53)11-9-31(41-43(45,37(29)39(33)57-41)13-17-49(35)25-27-1-2-27)47-15-19-55-21-22-56-20-16-48-32-10-12-46(54)36-24-30-6-8-34(52)40-38(30)44(46,42(32)58-40)14-18-50(36)26-28-3-4-28/h5-8,27-28,31-32,35-36,41-42,47-48,51-54H,1-4,9-26H2/t31-,32+,35?,36?,41+,42-,43?,44?,45-,46+. The zero-order valence-corrected chi connectivity index (χ0v) is 33.8. The number of ether oxygens (including phenoxy) is 4. The molecule has 58 heavy (non-hydrogen) atoms. The highest BCUT2D eigenvalue weighted by molar-refractivity contribution is 5.64. The normalized spacial score (nSPS) is 40.2. The van der Waals surface area contributed by atoms with Crippen molar-refractivity contribution in [1.29, 1.82) is 0 Å². The van der Waals surface area contributed by atoms with Gasteiger partial charge in [0.2, 0.25) is 0 Å². The van der Waals surface area contributed by atoms with E-state index in [9.17, 15) is 20.4 Å². The summed E-state index contributed by atoms with van der Waals surface area (Å²) in [5, 5.41) is 54.8. The van der Waals surface area contributed by atoms with Gasteiger partial charge in [0.05, 0.1) is 48.5 Å². The lowest BCUT2D eigenvalue weighted by Crippen LogP contribution is -2.78. The number of nitrogens with one attached hydrogen (secondary N) is 2. The van der Waals surface area contributed by atoms with E-state index in [1.807, 2.05) is 0 Å². The van der Waals surface area contributed by atoms with Crippen LogP contribution >= 0.6 is 0 Å². The highest BCUT2D eigenvalue weighted by atomic mass is 16.5. The Labute approximate surface area is 341 Å². The van der Waals surface area contributed by atoms with Crippen LogP contribution in [0.4, 0.5) is 0 Å². The molecule has 2 aromatic carbocycles.